The molecule has 0 saturated carbocycles. The molecule has 2 aliphatic heterocycles. The molecule has 0 aromatic heterocycles. The number of likely N-dealkylation sites (tertiary alicyclic amines) is 1. The highest BCUT2D eigenvalue weighted by molar-refractivity contribution is 6.09. The predicted molar refractivity (Wildman–Crippen MR) is 118 cm³/mol. The van der Waals surface area contributed by atoms with Gasteiger partial charge in [0, 0.05) is 19.5 Å². The first kappa shape index (κ1) is 21.1. The van der Waals surface area contributed by atoms with Gasteiger partial charge in [0.2, 0.25) is 5.91 Å². The van der Waals surface area contributed by atoms with Crippen LogP contribution >= 0.6 is 0 Å². The van der Waals surface area contributed by atoms with E-state index in [4.69, 9.17) is 0 Å². The Kier molecular flexibility index (Phi) is 5.81. The topological polar surface area (TPSA) is 69.7 Å². The molecule has 4 rings (SSSR count). The molecule has 6 heteroatoms. The lowest BCUT2D eigenvalue weighted by Crippen LogP contribution is -2.49. The Balaban J connectivity index is 1.61. The van der Waals surface area contributed by atoms with Crippen LogP contribution in [0.25, 0.3) is 0 Å². The van der Waals surface area contributed by atoms with Crippen LogP contribution < -0.4 is 5.32 Å². The van der Waals surface area contributed by atoms with Crippen molar-refractivity contribution in [2.24, 2.45) is 11.8 Å². The lowest BCUT2D eigenvalue weighted by molar-refractivity contribution is -0.140. The molecule has 3 unspecified atom stereocenters. The van der Waals surface area contributed by atoms with Crippen molar-refractivity contribution in [2.45, 2.75) is 32.2 Å². The Hall–Kier alpha value is -3.15. The molecule has 162 valence electrons. The molecule has 1 N–H and O–H groups in total. The van der Waals surface area contributed by atoms with E-state index in [0.29, 0.717) is 36.9 Å². The smallest absolute Gasteiger partial charge is 0.325 e. The monoisotopic (exact) mass is 419 g/mol. The third-order valence-corrected chi connectivity index (χ3v) is 6.27. The minimum Gasteiger partial charge on any atom is -0.341 e. The second kappa shape index (κ2) is 8.53. The number of rotatable bonds is 5. The lowest BCUT2D eigenvalue weighted by Gasteiger charge is -2.35. The zero-order valence-electron chi connectivity index (χ0n) is 18.1. The summed E-state index contributed by atoms with van der Waals surface area (Å²) in [7, 11) is 0. The van der Waals surface area contributed by atoms with Gasteiger partial charge in [-0.25, -0.2) is 4.79 Å². The van der Waals surface area contributed by atoms with Crippen LogP contribution in [0.4, 0.5) is 4.79 Å². The van der Waals surface area contributed by atoms with Gasteiger partial charge < -0.3 is 10.2 Å². The van der Waals surface area contributed by atoms with Gasteiger partial charge in [-0.3, -0.25) is 14.5 Å². The number of urea groups is 1. The average Bonchev–Trinajstić information content (AvgIpc) is 2.99. The van der Waals surface area contributed by atoms with Crippen molar-refractivity contribution in [1.29, 1.82) is 0 Å². The first-order valence-electron chi connectivity index (χ1n) is 10.9. The largest absolute Gasteiger partial charge is 0.341 e. The number of carbonyl (C=O) groups excluding carboxylic acids is 3. The van der Waals surface area contributed by atoms with Gasteiger partial charge in [0.15, 0.2) is 5.54 Å². The van der Waals surface area contributed by atoms with E-state index in [-0.39, 0.29) is 18.4 Å². The zero-order valence-corrected chi connectivity index (χ0v) is 18.1. The molecule has 2 aliphatic rings. The summed E-state index contributed by atoms with van der Waals surface area (Å²) in [5.41, 5.74) is 0.432. The molecule has 4 amide bonds. The van der Waals surface area contributed by atoms with E-state index in [1.807, 2.05) is 60.7 Å². The number of hydrogen-bond donors (Lipinski definition) is 1. The van der Waals surface area contributed by atoms with Crippen LogP contribution in [0.15, 0.2) is 60.7 Å². The highest BCUT2D eigenvalue weighted by Crippen LogP contribution is 2.33. The molecule has 2 heterocycles. The summed E-state index contributed by atoms with van der Waals surface area (Å²) in [6.07, 6.45) is 1.41. The maximum atomic E-state index is 13.7. The van der Waals surface area contributed by atoms with E-state index in [0.717, 1.165) is 16.9 Å². The Labute approximate surface area is 183 Å². The highest BCUT2D eigenvalue weighted by atomic mass is 16.2. The van der Waals surface area contributed by atoms with Gasteiger partial charge in [0.1, 0.15) is 6.54 Å². The molecule has 2 aromatic carbocycles. The van der Waals surface area contributed by atoms with E-state index < -0.39 is 11.6 Å². The zero-order chi connectivity index (χ0) is 22.0. The lowest BCUT2D eigenvalue weighted by atomic mass is 9.83. The van der Waals surface area contributed by atoms with Crippen molar-refractivity contribution < 1.29 is 14.4 Å². The average molecular weight is 420 g/mol. The van der Waals surface area contributed by atoms with Crippen LogP contribution in [0.1, 0.15) is 31.4 Å². The number of hydrogen-bond acceptors (Lipinski definition) is 3. The molecule has 0 radical (unpaired) electrons. The molecular weight excluding hydrogens is 390 g/mol. The first-order chi connectivity index (χ1) is 14.9. The number of nitrogens with one attached hydrogen (secondary N) is 1. The predicted octanol–water partition coefficient (Wildman–Crippen LogP) is 3.18. The van der Waals surface area contributed by atoms with Gasteiger partial charge in [-0.1, -0.05) is 74.5 Å². The normalized spacial score (nSPS) is 26.1. The molecule has 2 fully saturated rings. The van der Waals surface area contributed by atoms with Crippen molar-refractivity contribution >= 4 is 17.8 Å². The van der Waals surface area contributed by atoms with E-state index in [9.17, 15) is 14.4 Å². The van der Waals surface area contributed by atoms with Crippen LogP contribution in [0.3, 0.4) is 0 Å². The van der Waals surface area contributed by atoms with Gasteiger partial charge in [-0.15, -0.1) is 0 Å². The standard InChI is InChI=1S/C25H29N3O3/c1-18-13-19(2)16-27(15-18)22(29)17-28-23(30)25(26-24(28)31,21-11-7-4-8-12-21)14-20-9-5-3-6-10-20/h3-12,18-19H,13-17H2,1-2H3,(H,26,31). The molecule has 6 nitrogen and oxygen atoms in total. The van der Waals surface area contributed by atoms with Gasteiger partial charge in [-0.2, -0.15) is 0 Å². The molecule has 0 aliphatic carbocycles. The minimum atomic E-state index is -1.22. The number of nitrogens with zero attached hydrogens (tertiary/aromatic N) is 2. The Morgan fingerprint density at radius 3 is 2.16 bits per heavy atom. The Bertz CT molecular complexity index is 952. The summed E-state index contributed by atoms with van der Waals surface area (Å²) >= 11 is 0. The molecule has 0 bridgehead atoms. The minimum absolute atomic E-state index is 0.175. The van der Waals surface area contributed by atoms with Gasteiger partial charge in [0.25, 0.3) is 5.91 Å². The SMILES string of the molecule is CC1CC(C)CN(C(=O)CN2C(=O)NC(Cc3ccccc3)(c3ccccc3)C2=O)C1. The fourth-order valence-corrected chi connectivity index (χ4v) is 4.91. The van der Waals surface area contributed by atoms with E-state index in [1.54, 1.807) is 4.90 Å². The van der Waals surface area contributed by atoms with Crippen molar-refractivity contribution in [3.63, 3.8) is 0 Å². The van der Waals surface area contributed by atoms with Gasteiger partial charge in [-0.05, 0) is 29.4 Å². The van der Waals surface area contributed by atoms with Crippen LogP contribution in [0, 0.1) is 11.8 Å². The van der Waals surface area contributed by atoms with Crippen LogP contribution in [0.5, 0.6) is 0 Å². The first-order valence-corrected chi connectivity index (χ1v) is 10.9. The summed E-state index contributed by atoms with van der Waals surface area (Å²) in [5, 5.41) is 2.92. The van der Waals surface area contributed by atoms with Gasteiger partial charge in [0.05, 0.1) is 0 Å². The number of piperidine rings is 1. The quantitative estimate of drug-likeness (QED) is 0.757. The molecule has 2 aromatic rings. The Morgan fingerprint density at radius 2 is 1.55 bits per heavy atom. The van der Waals surface area contributed by atoms with Gasteiger partial charge >= 0.3 is 6.03 Å². The van der Waals surface area contributed by atoms with E-state index >= 15 is 0 Å². The highest BCUT2D eigenvalue weighted by Gasteiger charge is 2.53. The third-order valence-electron chi connectivity index (χ3n) is 6.27. The second-order valence-electron chi connectivity index (χ2n) is 9.00. The van der Waals surface area contributed by atoms with E-state index in [1.165, 1.54) is 0 Å². The summed E-state index contributed by atoms with van der Waals surface area (Å²) in [4.78, 5) is 42.5. The summed E-state index contributed by atoms with van der Waals surface area (Å²) in [6.45, 7) is 5.36. The van der Waals surface area contributed by atoms with Crippen LogP contribution in [0.2, 0.25) is 0 Å². The number of benzene rings is 2. The fourth-order valence-electron chi connectivity index (χ4n) is 4.91. The maximum Gasteiger partial charge on any atom is 0.325 e. The van der Waals surface area contributed by atoms with Crippen molar-refractivity contribution in [3.05, 3.63) is 71.8 Å². The number of amides is 4. The summed E-state index contributed by atoms with van der Waals surface area (Å²) < 4.78 is 0. The number of carbonyl (C=O) groups is 3. The number of imide groups is 1. The summed E-state index contributed by atoms with van der Waals surface area (Å²) in [6, 6.07) is 18.4. The van der Waals surface area contributed by atoms with Crippen LogP contribution in [-0.4, -0.2) is 47.3 Å². The molecule has 0 spiro atoms. The van der Waals surface area contributed by atoms with Crippen LogP contribution in [-0.2, 0) is 21.5 Å². The second-order valence-corrected chi connectivity index (χ2v) is 9.00. The molecule has 2 saturated heterocycles. The van der Waals surface area contributed by atoms with E-state index in [2.05, 4.69) is 19.2 Å². The molecule has 31 heavy (non-hydrogen) atoms. The van der Waals surface area contributed by atoms with Crippen molar-refractivity contribution in [1.82, 2.24) is 15.1 Å². The fraction of sp³-hybridized carbons (Fsp3) is 0.400. The Morgan fingerprint density at radius 1 is 0.968 bits per heavy atom. The van der Waals surface area contributed by atoms with Crippen molar-refractivity contribution in [3.8, 4) is 0 Å². The molecular formula is C25H29N3O3. The maximum absolute atomic E-state index is 13.7. The molecule has 3 atom stereocenters. The van der Waals surface area contributed by atoms with Crippen molar-refractivity contribution in [2.75, 3.05) is 19.6 Å². The summed E-state index contributed by atoms with van der Waals surface area (Å²) in [5.74, 6) is 0.277. The third kappa shape index (κ3) is 4.20.